The van der Waals surface area contributed by atoms with Gasteiger partial charge in [-0.05, 0) is 79.9 Å². The van der Waals surface area contributed by atoms with Crippen LogP contribution in [0.5, 0.6) is 0 Å². The third-order valence-electron chi connectivity index (χ3n) is 7.90. The van der Waals surface area contributed by atoms with E-state index in [-0.39, 0.29) is 0 Å². The molecule has 216 valence electrons. The molecule has 0 amide bonds. The van der Waals surface area contributed by atoms with E-state index in [1.807, 2.05) is 41.1 Å². The number of likely N-dealkylation sites (tertiary alicyclic amines) is 1. The topological polar surface area (TPSA) is 55.2 Å². The molecule has 1 aliphatic heterocycles. The molecule has 2 aromatic heterocycles. The summed E-state index contributed by atoms with van der Waals surface area (Å²) < 4.78 is 26.3. The molecule has 3 heterocycles. The summed E-state index contributed by atoms with van der Waals surface area (Å²) in [6.45, 7) is 3.94. The molecule has 0 spiro atoms. The van der Waals surface area contributed by atoms with Crippen molar-refractivity contribution in [3.8, 4) is 26.7 Å². The molecule has 0 radical (unpaired) electrons. The SMILES string of the molecule is Cc1cccc(C2CCCCCN2Cc2cc(-c3ccc(-c4cccc(S(C)(=O)=O)c4)s3)n(-c3ccccc3Cl)n2)c1. The van der Waals surface area contributed by atoms with E-state index in [9.17, 15) is 8.42 Å². The third-order valence-corrected chi connectivity index (χ3v) is 10.5. The molecule has 1 saturated heterocycles. The second-order valence-corrected chi connectivity index (χ2v) is 14.6. The van der Waals surface area contributed by atoms with Crippen molar-refractivity contribution in [1.82, 2.24) is 14.7 Å². The first-order valence-electron chi connectivity index (χ1n) is 14.3. The van der Waals surface area contributed by atoms with Crippen LogP contribution in [0, 0.1) is 6.92 Å². The molecule has 1 unspecified atom stereocenters. The highest BCUT2D eigenvalue weighted by molar-refractivity contribution is 7.90. The molecule has 6 rings (SSSR count). The summed E-state index contributed by atoms with van der Waals surface area (Å²) in [5.74, 6) is 0. The van der Waals surface area contributed by atoms with Gasteiger partial charge in [0, 0.05) is 23.7 Å². The number of halogens is 1. The van der Waals surface area contributed by atoms with Crippen LogP contribution in [-0.2, 0) is 16.4 Å². The van der Waals surface area contributed by atoms with Gasteiger partial charge in [0.05, 0.1) is 31.9 Å². The third kappa shape index (κ3) is 6.25. The standard InChI is InChI=1S/C34H34ClN3O2S2/c1-24-10-8-11-25(20-24)30-15-4-3-7-19-37(30)23-27-22-32(38(36-27)31-16-6-5-14-29(31)35)34-18-17-33(41-34)26-12-9-13-28(21-26)42(2,39)40/h5-6,8-14,16-18,20-22,30H,3-4,7,15,19,23H2,1-2H3. The highest BCUT2D eigenvalue weighted by Gasteiger charge is 2.25. The fourth-order valence-electron chi connectivity index (χ4n) is 5.82. The van der Waals surface area contributed by atoms with Gasteiger partial charge >= 0.3 is 0 Å². The van der Waals surface area contributed by atoms with E-state index in [0.717, 1.165) is 51.9 Å². The van der Waals surface area contributed by atoms with Gasteiger partial charge in [0.25, 0.3) is 0 Å². The van der Waals surface area contributed by atoms with Gasteiger partial charge in [-0.3, -0.25) is 4.90 Å². The van der Waals surface area contributed by atoms with Crippen LogP contribution in [0.2, 0.25) is 5.02 Å². The first-order chi connectivity index (χ1) is 20.3. The monoisotopic (exact) mass is 615 g/mol. The van der Waals surface area contributed by atoms with Crippen molar-refractivity contribution in [1.29, 1.82) is 0 Å². The molecule has 1 atom stereocenters. The Kier molecular flexibility index (Phi) is 8.37. The predicted molar refractivity (Wildman–Crippen MR) is 173 cm³/mol. The molecule has 8 heteroatoms. The molecule has 42 heavy (non-hydrogen) atoms. The van der Waals surface area contributed by atoms with Gasteiger partial charge in [-0.25, -0.2) is 13.1 Å². The summed E-state index contributed by atoms with van der Waals surface area (Å²) >= 11 is 8.32. The largest absolute Gasteiger partial charge is 0.290 e. The Morgan fingerprint density at radius 2 is 1.71 bits per heavy atom. The molecule has 5 aromatic rings. The smallest absolute Gasteiger partial charge is 0.175 e. The van der Waals surface area contributed by atoms with E-state index >= 15 is 0 Å². The number of hydrogen-bond acceptors (Lipinski definition) is 5. The van der Waals surface area contributed by atoms with Crippen LogP contribution in [-0.4, -0.2) is 35.9 Å². The van der Waals surface area contributed by atoms with Gasteiger partial charge in [0.15, 0.2) is 9.84 Å². The normalized spacial score (nSPS) is 16.4. The second-order valence-electron chi connectivity index (χ2n) is 11.1. The van der Waals surface area contributed by atoms with Crippen LogP contribution in [0.1, 0.15) is 48.5 Å². The maximum absolute atomic E-state index is 12.2. The minimum absolute atomic E-state index is 0.318. The lowest BCUT2D eigenvalue weighted by atomic mass is 9.99. The number of aryl methyl sites for hydroxylation is 1. The van der Waals surface area contributed by atoms with Crippen LogP contribution in [0.3, 0.4) is 0 Å². The Morgan fingerprint density at radius 3 is 2.52 bits per heavy atom. The average Bonchev–Trinajstić information content (AvgIpc) is 3.55. The zero-order valence-corrected chi connectivity index (χ0v) is 26.2. The molecule has 1 fully saturated rings. The van der Waals surface area contributed by atoms with Gasteiger partial charge in [0.2, 0.25) is 0 Å². The van der Waals surface area contributed by atoms with E-state index in [1.54, 1.807) is 29.5 Å². The van der Waals surface area contributed by atoms with E-state index < -0.39 is 9.84 Å². The van der Waals surface area contributed by atoms with Crippen molar-refractivity contribution in [2.75, 3.05) is 12.8 Å². The predicted octanol–water partition coefficient (Wildman–Crippen LogP) is 8.75. The fourth-order valence-corrected chi connectivity index (χ4v) is 7.71. The second kappa shape index (κ2) is 12.2. The Morgan fingerprint density at radius 1 is 0.905 bits per heavy atom. The first kappa shape index (κ1) is 28.9. The number of sulfone groups is 1. The average molecular weight is 616 g/mol. The Bertz CT molecular complexity index is 1830. The van der Waals surface area contributed by atoms with Crippen molar-refractivity contribution in [2.45, 2.75) is 50.1 Å². The number of nitrogens with zero attached hydrogens (tertiary/aromatic N) is 3. The summed E-state index contributed by atoms with van der Waals surface area (Å²) in [5, 5.41) is 5.77. The number of benzene rings is 3. The fraction of sp³-hybridized carbons (Fsp3) is 0.265. The molecule has 3 aromatic carbocycles. The molecular weight excluding hydrogens is 582 g/mol. The molecule has 0 saturated carbocycles. The highest BCUT2D eigenvalue weighted by Crippen LogP contribution is 2.38. The molecule has 0 N–H and O–H groups in total. The number of aromatic nitrogens is 2. The summed E-state index contributed by atoms with van der Waals surface area (Å²) in [7, 11) is -3.30. The van der Waals surface area contributed by atoms with Crippen molar-refractivity contribution >= 4 is 32.8 Å². The van der Waals surface area contributed by atoms with Crippen LogP contribution >= 0.6 is 22.9 Å². The van der Waals surface area contributed by atoms with Gasteiger partial charge in [-0.2, -0.15) is 5.10 Å². The first-order valence-corrected chi connectivity index (χ1v) is 17.4. The van der Waals surface area contributed by atoms with Crippen LogP contribution in [0.15, 0.2) is 95.9 Å². The van der Waals surface area contributed by atoms with Crippen molar-refractivity contribution in [3.05, 3.63) is 113 Å². The maximum Gasteiger partial charge on any atom is 0.175 e. The van der Waals surface area contributed by atoms with Gasteiger partial charge in [-0.1, -0.05) is 78.5 Å². The van der Waals surface area contributed by atoms with Gasteiger partial charge < -0.3 is 0 Å². The Labute approximate surface area is 257 Å². The zero-order valence-electron chi connectivity index (χ0n) is 23.8. The van der Waals surface area contributed by atoms with Crippen molar-refractivity contribution < 1.29 is 8.42 Å². The summed E-state index contributed by atoms with van der Waals surface area (Å²) in [5.41, 5.74) is 6.35. The van der Waals surface area contributed by atoms with Crippen LogP contribution in [0.25, 0.3) is 26.7 Å². The van der Waals surface area contributed by atoms with Crippen molar-refractivity contribution in [2.24, 2.45) is 0 Å². The summed E-state index contributed by atoms with van der Waals surface area (Å²) in [6.07, 6.45) is 6.04. The Hall–Kier alpha value is -3.23. The lowest BCUT2D eigenvalue weighted by Gasteiger charge is -2.30. The van der Waals surface area contributed by atoms with E-state index in [4.69, 9.17) is 16.7 Å². The van der Waals surface area contributed by atoms with Crippen LogP contribution < -0.4 is 0 Å². The lowest BCUT2D eigenvalue weighted by Crippen LogP contribution is -2.28. The van der Waals surface area contributed by atoms with E-state index in [0.29, 0.717) is 16.0 Å². The zero-order chi connectivity index (χ0) is 29.3. The maximum atomic E-state index is 12.2. The molecule has 0 aliphatic carbocycles. The molecule has 0 bridgehead atoms. The molecule has 5 nitrogen and oxygen atoms in total. The summed E-state index contributed by atoms with van der Waals surface area (Å²) in [4.78, 5) is 4.94. The number of thiophene rings is 1. The quantitative estimate of drug-likeness (QED) is 0.184. The van der Waals surface area contributed by atoms with Gasteiger partial charge in [-0.15, -0.1) is 11.3 Å². The number of rotatable bonds is 7. The Balaban J connectivity index is 1.39. The number of hydrogen-bond donors (Lipinski definition) is 0. The van der Waals surface area contributed by atoms with E-state index in [2.05, 4.69) is 48.2 Å². The lowest BCUT2D eigenvalue weighted by molar-refractivity contribution is 0.190. The highest BCUT2D eigenvalue weighted by atomic mass is 35.5. The molecular formula is C34H34ClN3O2S2. The van der Waals surface area contributed by atoms with Gasteiger partial charge in [0.1, 0.15) is 0 Å². The summed E-state index contributed by atoms with van der Waals surface area (Å²) in [6, 6.07) is 30.5. The minimum atomic E-state index is -3.30. The number of para-hydroxylation sites is 1. The van der Waals surface area contributed by atoms with E-state index in [1.165, 1.54) is 36.6 Å². The van der Waals surface area contributed by atoms with Crippen LogP contribution in [0.4, 0.5) is 0 Å². The molecule has 1 aliphatic rings. The minimum Gasteiger partial charge on any atom is -0.290 e. The van der Waals surface area contributed by atoms with Crippen molar-refractivity contribution in [3.63, 3.8) is 0 Å².